The molecule has 1 atom stereocenters. The van der Waals surface area contributed by atoms with E-state index in [9.17, 15) is 47.9 Å². The number of nitrogens with zero attached hydrogens (tertiary/aromatic N) is 4. The SMILES string of the molecule is CC(C#N)C#N.N#CCC#N.O=S(=O)(OCC(F)(F)C(F)C(F)(F)F)C(F)(F)F. The summed E-state index contributed by atoms with van der Waals surface area (Å²) in [4.78, 5) is 0. The Morgan fingerprint density at radius 1 is 0.897 bits per heavy atom. The van der Waals surface area contributed by atoms with Gasteiger partial charge in [-0.05, 0) is 6.92 Å². The van der Waals surface area contributed by atoms with Crippen molar-refractivity contribution in [2.75, 3.05) is 6.61 Å². The second-order valence-corrected chi connectivity index (χ2v) is 5.91. The van der Waals surface area contributed by atoms with Crippen molar-refractivity contribution < 1.29 is 52.1 Å². The van der Waals surface area contributed by atoms with Crippen LogP contribution in [0.4, 0.5) is 39.5 Å². The van der Waals surface area contributed by atoms with Crippen LogP contribution in [0, 0.1) is 51.2 Å². The molecule has 0 aromatic heterocycles. The van der Waals surface area contributed by atoms with E-state index in [1.807, 2.05) is 0 Å². The summed E-state index contributed by atoms with van der Waals surface area (Å²) >= 11 is 0. The number of rotatable bonds is 4. The van der Waals surface area contributed by atoms with Gasteiger partial charge in [0.15, 0.2) is 0 Å². The molecule has 0 amide bonds. The fourth-order valence-corrected chi connectivity index (χ4v) is 1.05. The molecule has 0 aromatic rings. The molecule has 7 nitrogen and oxygen atoms in total. The van der Waals surface area contributed by atoms with Gasteiger partial charge in [-0.1, -0.05) is 0 Å². The van der Waals surface area contributed by atoms with Gasteiger partial charge in [-0.2, -0.15) is 55.8 Å². The van der Waals surface area contributed by atoms with Crippen LogP contribution in [0.1, 0.15) is 13.3 Å². The largest absolute Gasteiger partial charge is 0.523 e. The van der Waals surface area contributed by atoms with Gasteiger partial charge in [-0.15, -0.1) is 0 Å². The minimum absolute atomic E-state index is 0. The van der Waals surface area contributed by atoms with E-state index in [2.05, 4.69) is 4.18 Å². The van der Waals surface area contributed by atoms with E-state index in [4.69, 9.17) is 21.0 Å². The molecule has 0 saturated heterocycles. The van der Waals surface area contributed by atoms with Crippen LogP contribution in [0.5, 0.6) is 0 Å². The second-order valence-electron chi connectivity index (χ2n) is 4.30. The third-order valence-electron chi connectivity index (χ3n) is 1.89. The van der Waals surface area contributed by atoms with E-state index in [1.54, 1.807) is 31.2 Å². The Balaban J connectivity index is -0.000000502. The first-order valence-corrected chi connectivity index (χ1v) is 7.82. The van der Waals surface area contributed by atoms with Crippen LogP contribution in [-0.4, -0.2) is 38.8 Å². The van der Waals surface area contributed by atoms with Crippen molar-refractivity contribution in [3.63, 3.8) is 0 Å². The van der Waals surface area contributed by atoms with Crippen LogP contribution < -0.4 is 0 Å². The summed E-state index contributed by atoms with van der Waals surface area (Å²) in [5, 5.41) is 30.9. The molecule has 17 heteroatoms. The maximum Gasteiger partial charge on any atom is 0.523 e. The lowest BCUT2D eigenvalue weighted by Crippen LogP contribution is -2.45. The molecule has 0 aliphatic rings. The topological polar surface area (TPSA) is 139 Å². The van der Waals surface area contributed by atoms with Crippen molar-refractivity contribution >= 4 is 10.1 Å². The van der Waals surface area contributed by atoms with Crippen LogP contribution >= 0.6 is 0 Å². The number of hydrogen-bond donors (Lipinski definition) is 0. The highest BCUT2D eigenvalue weighted by Crippen LogP contribution is 2.36. The van der Waals surface area contributed by atoms with Gasteiger partial charge in [0.1, 0.15) is 18.9 Å². The Morgan fingerprint density at radius 3 is 1.45 bits per heavy atom. The molecule has 0 N–H and O–H groups in total. The van der Waals surface area contributed by atoms with Gasteiger partial charge in [-0.3, -0.25) is 4.18 Å². The van der Waals surface area contributed by atoms with Gasteiger partial charge in [0.05, 0.1) is 24.3 Å². The lowest BCUT2D eigenvalue weighted by atomic mass is 10.2. The molecular formula is C12H9F9N4O3S. The van der Waals surface area contributed by atoms with Crippen molar-refractivity contribution in [1.82, 2.24) is 0 Å². The summed E-state index contributed by atoms with van der Waals surface area (Å²) in [6.45, 7) is -1.37. The maximum atomic E-state index is 12.4. The molecule has 0 heterocycles. The van der Waals surface area contributed by atoms with Crippen LogP contribution in [0.15, 0.2) is 0 Å². The summed E-state index contributed by atoms with van der Waals surface area (Å²) in [6.07, 6.45) is -10.9. The van der Waals surface area contributed by atoms with Gasteiger partial charge in [0, 0.05) is 0 Å². The molecule has 29 heavy (non-hydrogen) atoms. The average molecular weight is 460 g/mol. The van der Waals surface area contributed by atoms with Gasteiger partial charge >= 0.3 is 27.7 Å². The molecule has 164 valence electrons. The number of nitriles is 4. The molecule has 0 saturated carbocycles. The Labute approximate surface area is 158 Å². The molecular weight excluding hydrogens is 451 g/mol. The summed E-state index contributed by atoms with van der Waals surface area (Å²) < 4.78 is 129. The van der Waals surface area contributed by atoms with Crippen molar-refractivity contribution in [2.24, 2.45) is 5.92 Å². The van der Waals surface area contributed by atoms with Crippen molar-refractivity contribution in [3.05, 3.63) is 0 Å². The van der Waals surface area contributed by atoms with Crippen LogP contribution in [-0.2, 0) is 14.3 Å². The van der Waals surface area contributed by atoms with Crippen LogP contribution in [0.25, 0.3) is 0 Å². The molecule has 0 radical (unpaired) electrons. The minimum atomic E-state index is -6.52. The molecule has 0 fully saturated rings. The zero-order valence-electron chi connectivity index (χ0n) is 13.9. The maximum absolute atomic E-state index is 12.4. The zero-order valence-corrected chi connectivity index (χ0v) is 14.7. The fraction of sp³-hybridized carbons (Fsp3) is 0.667. The summed E-state index contributed by atoms with van der Waals surface area (Å²) in [5.41, 5.74) is -6.10. The third-order valence-corrected chi connectivity index (χ3v) is 2.89. The van der Waals surface area contributed by atoms with Crippen molar-refractivity contribution in [3.8, 4) is 24.3 Å². The highest BCUT2D eigenvalue weighted by Gasteiger charge is 2.58. The van der Waals surface area contributed by atoms with E-state index in [0.717, 1.165) is 0 Å². The minimum Gasteiger partial charge on any atom is -0.257 e. The molecule has 0 aliphatic heterocycles. The molecule has 0 aromatic carbocycles. The van der Waals surface area contributed by atoms with Gasteiger partial charge in [-0.25, -0.2) is 13.2 Å². The summed E-state index contributed by atoms with van der Waals surface area (Å²) in [6, 6.07) is 6.82. The van der Waals surface area contributed by atoms with Gasteiger partial charge in [0.2, 0.25) is 0 Å². The molecule has 1 unspecified atom stereocenters. The Kier molecular flexibility index (Phi) is 13.5. The zero-order chi connectivity index (χ0) is 24.1. The molecule has 0 spiro atoms. The average Bonchev–Trinajstić information content (AvgIpc) is 2.59. The monoisotopic (exact) mass is 460 g/mol. The van der Waals surface area contributed by atoms with Crippen LogP contribution in [0.3, 0.4) is 0 Å². The first-order chi connectivity index (χ1) is 12.8. The molecule has 0 rings (SSSR count). The van der Waals surface area contributed by atoms with Crippen LogP contribution in [0.2, 0.25) is 0 Å². The number of alkyl halides is 9. The second kappa shape index (κ2) is 12.6. The third kappa shape index (κ3) is 14.0. The fourth-order valence-electron chi connectivity index (χ4n) is 0.600. The smallest absolute Gasteiger partial charge is 0.257 e. The highest BCUT2D eigenvalue weighted by molar-refractivity contribution is 7.87. The standard InChI is InChI=1S/C5H3F9O3S.C4H4N2.C3H2N2/c6-2(4(9,10)11)3(7,8)1-17-18(15,16)5(12,13)14;1-4(2-5)3-6;4-2-1-3-5/h2H,1H2;4H,1H3;1H2. The number of halogens is 9. The van der Waals surface area contributed by atoms with E-state index in [0.29, 0.717) is 0 Å². The number of hydrogen-bond acceptors (Lipinski definition) is 7. The first kappa shape index (κ1) is 31.0. The predicted octanol–water partition coefficient (Wildman–Crippen LogP) is 3.48. The van der Waals surface area contributed by atoms with Gasteiger partial charge in [0.25, 0.3) is 6.17 Å². The Morgan fingerprint density at radius 2 is 1.28 bits per heavy atom. The molecule has 0 bridgehead atoms. The lowest BCUT2D eigenvalue weighted by molar-refractivity contribution is -0.250. The molecule has 0 aliphatic carbocycles. The highest BCUT2D eigenvalue weighted by atomic mass is 32.2. The Bertz CT molecular complexity index is 741. The summed E-state index contributed by atoms with van der Waals surface area (Å²) in [5.74, 6) is -5.93. The first-order valence-electron chi connectivity index (χ1n) is 6.41. The Hall–Kier alpha value is -2.76. The van der Waals surface area contributed by atoms with E-state index in [-0.39, 0.29) is 6.42 Å². The van der Waals surface area contributed by atoms with E-state index in [1.165, 1.54) is 0 Å². The quantitative estimate of drug-likeness (QED) is 0.356. The van der Waals surface area contributed by atoms with E-state index < -0.39 is 46.4 Å². The predicted molar refractivity (Wildman–Crippen MR) is 73.1 cm³/mol. The summed E-state index contributed by atoms with van der Waals surface area (Å²) in [7, 11) is -6.52. The normalized spacial score (nSPS) is 12.5. The van der Waals surface area contributed by atoms with Gasteiger partial charge < -0.3 is 0 Å². The van der Waals surface area contributed by atoms with Crippen molar-refractivity contribution in [2.45, 2.75) is 37.1 Å². The van der Waals surface area contributed by atoms with E-state index >= 15 is 0 Å². The lowest BCUT2D eigenvalue weighted by Gasteiger charge is -2.22. The van der Waals surface area contributed by atoms with Crippen molar-refractivity contribution in [1.29, 1.82) is 21.0 Å².